The van der Waals surface area contributed by atoms with Crippen molar-refractivity contribution in [2.24, 2.45) is 0 Å². The predicted octanol–water partition coefficient (Wildman–Crippen LogP) is 2.42. The summed E-state index contributed by atoms with van der Waals surface area (Å²) < 4.78 is 11.4. The highest BCUT2D eigenvalue weighted by atomic mass is 32.2. The Balaban J connectivity index is 1.49. The second-order valence-corrected chi connectivity index (χ2v) is 7.73. The number of amides is 1. The Morgan fingerprint density at radius 2 is 1.60 bits per heavy atom. The van der Waals surface area contributed by atoms with Crippen LogP contribution < -0.4 is 0 Å². The highest BCUT2D eigenvalue weighted by molar-refractivity contribution is 7.84. The van der Waals surface area contributed by atoms with E-state index in [0.29, 0.717) is 5.56 Å². The van der Waals surface area contributed by atoms with E-state index in [1.54, 1.807) is 30.5 Å². The van der Waals surface area contributed by atoms with Crippen molar-refractivity contribution in [2.45, 2.75) is 11.3 Å². The van der Waals surface area contributed by atoms with Crippen LogP contribution in [0.2, 0.25) is 0 Å². The number of nitrogens with zero attached hydrogens (tertiary/aromatic N) is 2. The normalized spacial score (nSPS) is 16.6. The molecule has 0 saturated carbocycles. The summed E-state index contributed by atoms with van der Waals surface area (Å²) in [7, 11) is -1.01. The van der Waals surface area contributed by atoms with Crippen LogP contribution in [0.5, 0.6) is 0 Å². The molecule has 1 unspecified atom stereocenters. The van der Waals surface area contributed by atoms with E-state index in [9.17, 15) is 9.00 Å². The second kappa shape index (κ2) is 8.41. The van der Waals surface area contributed by atoms with Crippen LogP contribution in [0, 0.1) is 0 Å². The Morgan fingerprint density at radius 1 is 0.960 bits per heavy atom. The minimum Gasteiger partial charge on any atom is -0.336 e. The summed E-state index contributed by atoms with van der Waals surface area (Å²) in [5.74, 6) is 0.0659. The number of carbonyl (C=O) groups excluding carboxylic acids is 1. The van der Waals surface area contributed by atoms with Crippen LogP contribution in [0.1, 0.15) is 15.9 Å². The SMILES string of the molecule is CS(=O)c1ccc(C(=O)N2CCN(CCc3ccccc3)CC2)cc1. The van der Waals surface area contributed by atoms with Crippen LogP contribution in [0.4, 0.5) is 0 Å². The van der Waals surface area contributed by atoms with Crippen molar-refractivity contribution in [1.29, 1.82) is 0 Å². The van der Waals surface area contributed by atoms with Gasteiger partial charge in [0.1, 0.15) is 0 Å². The molecule has 0 N–H and O–H groups in total. The van der Waals surface area contributed by atoms with Gasteiger partial charge in [-0.1, -0.05) is 30.3 Å². The molecular formula is C20H24N2O2S. The van der Waals surface area contributed by atoms with E-state index in [-0.39, 0.29) is 5.91 Å². The lowest BCUT2D eigenvalue weighted by Crippen LogP contribution is -2.49. The van der Waals surface area contributed by atoms with E-state index in [2.05, 4.69) is 29.2 Å². The molecule has 1 heterocycles. The van der Waals surface area contributed by atoms with Gasteiger partial charge in [0.25, 0.3) is 5.91 Å². The Hall–Kier alpha value is -1.98. The molecule has 2 aromatic rings. The zero-order valence-electron chi connectivity index (χ0n) is 14.6. The van der Waals surface area contributed by atoms with Crippen LogP contribution >= 0.6 is 0 Å². The van der Waals surface area contributed by atoms with Gasteiger partial charge in [-0.3, -0.25) is 13.9 Å². The van der Waals surface area contributed by atoms with Crippen LogP contribution in [-0.4, -0.2) is 58.9 Å². The van der Waals surface area contributed by atoms with Crippen molar-refractivity contribution in [2.75, 3.05) is 39.0 Å². The van der Waals surface area contributed by atoms with Gasteiger partial charge in [0, 0.05) is 60.2 Å². The van der Waals surface area contributed by atoms with E-state index in [1.165, 1.54) is 5.56 Å². The number of benzene rings is 2. The molecule has 5 heteroatoms. The quantitative estimate of drug-likeness (QED) is 0.826. The summed E-state index contributed by atoms with van der Waals surface area (Å²) in [6, 6.07) is 17.6. The molecule has 0 radical (unpaired) electrons. The molecule has 2 aromatic carbocycles. The average Bonchev–Trinajstić information content (AvgIpc) is 2.67. The van der Waals surface area contributed by atoms with E-state index >= 15 is 0 Å². The smallest absolute Gasteiger partial charge is 0.253 e. The van der Waals surface area contributed by atoms with Gasteiger partial charge in [-0.05, 0) is 36.2 Å². The van der Waals surface area contributed by atoms with Crippen molar-refractivity contribution in [3.8, 4) is 0 Å². The second-order valence-electron chi connectivity index (χ2n) is 6.35. The number of hydrogen-bond acceptors (Lipinski definition) is 3. The first kappa shape index (κ1) is 17.8. The fourth-order valence-electron chi connectivity index (χ4n) is 3.08. The Kier molecular flexibility index (Phi) is 6.00. The lowest BCUT2D eigenvalue weighted by Gasteiger charge is -2.34. The molecule has 1 fully saturated rings. The monoisotopic (exact) mass is 356 g/mol. The fraction of sp³-hybridized carbons (Fsp3) is 0.350. The van der Waals surface area contributed by atoms with Crippen LogP contribution in [0.25, 0.3) is 0 Å². The molecule has 1 atom stereocenters. The van der Waals surface area contributed by atoms with Crippen LogP contribution in [-0.2, 0) is 17.2 Å². The summed E-state index contributed by atoms with van der Waals surface area (Å²) >= 11 is 0. The van der Waals surface area contributed by atoms with Gasteiger partial charge in [-0.25, -0.2) is 0 Å². The van der Waals surface area contributed by atoms with Gasteiger partial charge in [-0.2, -0.15) is 0 Å². The van der Waals surface area contributed by atoms with E-state index in [4.69, 9.17) is 0 Å². The molecule has 1 aliphatic heterocycles. The maximum absolute atomic E-state index is 12.6. The summed E-state index contributed by atoms with van der Waals surface area (Å²) in [5.41, 5.74) is 2.03. The Morgan fingerprint density at radius 3 is 2.20 bits per heavy atom. The average molecular weight is 356 g/mol. The maximum Gasteiger partial charge on any atom is 0.253 e. The van der Waals surface area contributed by atoms with Gasteiger partial charge in [0.05, 0.1) is 0 Å². The topological polar surface area (TPSA) is 40.6 Å². The maximum atomic E-state index is 12.6. The van der Waals surface area contributed by atoms with Crippen LogP contribution in [0.15, 0.2) is 59.5 Å². The molecule has 25 heavy (non-hydrogen) atoms. The molecule has 1 aliphatic rings. The molecule has 3 rings (SSSR count). The first-order valence-corrected chi connectivity index (χ1v) is 10.2. The summed E-state index contributed by atoms with van der Waals surface area (Å²) in [6.45, 7) is 4.37. The lowest BCUT2D eigenvalue weighted by molar-refractivity contribution is 0.0638. The number of rotatable bonds is 5. The number of carbonyl (C=O) groups is 1. The molecule has 4 nitrogen and oxygen atoms in total. The van der Waals surface area contributed by atoms with E-state index in [0.717, 1.165) is 44.0 Å². The van der Waals surface area contributed by atoms with Gasteiger partial charge in [-0.15, -0.1) is 0 Å². The molecule has 0 bridgehead atoms. The standard InChI is InChI=1S/C20H24N2O2S/c1-25(24)19-9-7-18(8-10-19)20(23)22-15-13-21(14-16-22)12-11-17-5-3-2-4-6-17/h2-10H,11-16H2,1H3. The summed E-state index contributed by atoms with van der Waals surface area (Å²) in [6.07, 6.45) is 2.69. The first-order valence-electron chi connectivity index (χ1n) is 8.62. The van der Waals surface area contributed by atoms with Crippen LogP contribution in [0.3, 0.4) is 0 Å². The van der Waals surface area contributed by atoms with E-state index < -0.39 is 10.8 Å². The highest BCUT2D eigenvalue weighted by Crippen LogP contribution is 2.12. The molecule has 0 spiro atoms. The minimum atomic E-state index is -1.01. The summed E-state index contributed by atoms with van der Waals surface area (Å²) in [5, 5.41) is 0. The van der Waals surface area contributed by atoms with Crippen molar-refractivity contribution in [3.63, 3.8) is 0 Å². The largest absolute Gasteiger partial charge is 0.336 e. The first-order chi connectivity index (χ1) is 12.1. The fourth-order valence-corrected chi connectivity index (χ4v) is 3.60. The van der Waals surface area contributed by atoms with Gasteiger partial charge >= 0.3 is 0 Å². The van der Waals surface area contributed by atoms with Crippen molar-refractivity contribution >= 4 is 16.7 Å². The van der Waals surface area contributed by atoms with Gasteiger partial charge < -0.3 is 4.90 Å². The number of hydrogen-bond donors (Lipinski definition) is 0. The zero-order chi connectivity index (χ0) is 17.6. The summed E-state index contributed by atoms with van der Waals surface area (Å²) in [4.78, 5) is 17.7. The third-order valence-electron chi connectivity index (χ3n) is 4.65. The van der Waals surface area contributed by atoms with Gasteiger partial charge in [0.15, 0.2) is 0 Å². The van der Waals surface area contributed by atoms with Crippen molar-refractivity contribution in [1.82, 2.24) is 9.80 Å². The van der Waals surface area contributed by atoms with Crippen molar-refractivity contribution in [3.05, 3.63) is 65.7 Å². The Bertz CT molecular complexity index is 723. The van der Waals surface area contributed by atoms with Gasteiger partial charge in [0.2, 0.25) is 0 Å². The lowest BCUT2D eigenvalue weighted by atomic mass is 10.1. The molecule has 132 valence electrons. The molecule has 0 aliphatic carbocycles. The minimum absolute atomic E-state index is 0.0659. The Labute approximate surface area is 151 Å². The van der Waals surface area contributed by atoms with E-state index in [1.807, 2.05) is 11.0 Å². The van der Waals surface area contributed by atoms with Crippen molar-refractivity contribution < 1.29 is 9.00 Å². The third-order valence-corrected chi connectivity index (χ3v) is 5.59. The molecule has 1 saturated heterocycles. The highest BCUT2D eigenvalue weighted by Gasteiger charge is 2.21. The number of piperazine rings is 1. The predicted molar refractivity (Wildman–Crippen MR) is 101 cm³/mol. The molecular weight excluding hydrogens is 332 g/mol. The molecule has 0 aromatic heterocycles. The third kappa shape index (κ3) is 4.77. The molecule has 1 amide bonds. The zero-order valence-corrected chi connectivity index (χ0v) is 15.4.